The largest absolute Gasteiger partial charge is 0.444 e. The molecule has 1 saturated heterocycles. The van der Waals surface area contributed by atoms with Crippen molar-refractivity contribution in [2.75, 3.05) is 33.4 Å². The van der Waals surface area contributed by atoms with Crippen molar-refractivity contribution in [1.29, 1.82) is 0 Å². The minimum Gasteiger partial charge on any atom is -0.444 e. The third kappa shape index (κ3) is 7.83. The molecule has 0 spiro atoms. The van der Waals surface area contributed by atoms with Gasteiger partial charge >= 0.3 is 12.2 Å². The Bertz CT molecular complexity index is 1370. The predicted molar refractivity (Wildman–Crippen MR) is 169 cm³/mol. The molecule has 3 amide bonds. The van der Waals surface area contributed by atoms with Gasteiger partial charge in [-0.2, -0.15) is 5.10 Å². The molecule has 2 atom stereocenters. The van der Waals surface area contributed by atoms with E-state index in [1.807, 2.05) is 44.2 Å². The van der Waals surface area contributed by atoms with Crippen molar-refractivity contribution in [1.82, 2.24) is 24.5 Å². The minimum absolute atomic E-state index is 0.0342. The molecule has 11 nitrogen and oxygen atoms in total. The molecule has 1 unspecified atom stereocenters. The number of carbonyl (C=O) groups is 3. The summed E-state index contributed by atoms with van der Waals surface area (Å²) < 4.78 is 18.6. The van der Waals surface area contributed by atoms with E-state index in [1.165, 1.54) is 9.80 Å². The van der Waals surface area contributed by atoms with Crippen LogP contribution in [0, 0.1) is 13.8 Å². The zero-order chi connectivity index (χ0) is 32.6. The Hall–Kier alpha value is -3.34. The van der Waals surface area contributed by atoms with Crippen LogP contribution in [0.1, 0.15) is 90.6 Å². The summed E-state index contributed by atoms with van der Waals surface area (Å²) in [4.78, 5) is 46.0. The maximum absolute atomic E-state index is 14.6. The molecule has 244 valence electrons. The summed E-state index contributed by atoms with van der Waals surface area (Å²) in [5.41, 5.74) is 2.71. The van der Waals surface area contributed by atoms with E-state index in [4.69, 9.17) is 19.3 Å². The fraction of sp³-hybridized carbons (Fsp3) is 0.697. The molecule has 1 aromatic heterocycles. The number of piperazine rings is 1. The lowest BCUT2D eigenvalue weighted by molar-refractivity contribution is -0.142. The molecule has 2 heterocycles. The molecular formula is C33H51N5O6. The second-order valence-corrected chi connectivity index (χ2v) is 14.2. The second kappa shape index (κ2) is 12.9. The summed E-state index contributed by atoms with van der Waals surface area (Å²) in [7, 11) is 1.70. The van der Waals surface area contributed by atoms with Crippen LogP contribution in [0.5, 0.6) is 0 Å². The molecule has 1 saturated carbocycles. The summed E-state index contributed by atoms with van der Waals surface area (Å²) >= 11 is 0. The highest BCUT2D eigenvalue weighted by Gasteiger charge is 2.46. The van der Waals surface area contributed by atoms with Crippen molar-refractivity contribution < 1.29 is 28.6 Å². The van der Waals surface area contributed by atoms with E-state index in [0.717, 1.165) is 53.5 Å². The van der Waals surface area contributed by atoms with E-state index >= 15 is 0 Å². The van der Waals surface area contributed by atoms with Crippen molar-refractivity contribution >= 4 is 29.0 Å². The van der Waals surface area contributed by atoms with Gasteiger partial charge in [-0.3, -0.25) is 14.4 Å². The lowest BCUT2D eigenvalue weighted by atomic mass is 9.99. The highest BCUT2D eigenvalue weighted by Crippen LogP contribution is 2.38. The third-order valence-corrected chi connectivity index (χ3v) is 8.01. The third-order valence-electron chi connectivity index (χ3n) is 8.01. The Morgan fingerprint density at radius 1 is 1.00 bits per heavy atom. The number of hydrogen-bond acceptors (Lipinski definition) is 7. The van der Waals surface area contributed by atoms with Crippen LogP contribution in [0.3, 0.4) is 0 Å². The summed E-state index contributed by atoms with van der Waals surface area (Å²) in [5, 5.41) is 5.93. The van der Waals surface area contributed by atoms with Gasteiger partial charge in [-0.15, -0.1) is 0 Å². The van der Waals surface area contributed by atoms with Crippen molar-refractivity contribution in [2.45, 2.75) is 117 Å². The van der Waals surface area contributed by atoms with Gasteiger partial charge in [0, 0.05) is 44.8 Å². The number of ether oxygens (including phenoxy) is 3. The number of aromatic nitrogens is 2. The topological polar surface area (TPSA) is 106 Å². The Kier molecular flexibility index (Phi) is 9.87. The molecule has 0 N–H and O–H groups in total. The van der Waals surface area contributed by atoms with Gasteiger partial charge in [0.15, 0.2) is 0 Å². The number of nitrogens with zero attached hydrogens (tertiary/aromatic N) is 5. The van der Waals surface area contributed by atoms with E-state index < -0.39 is 29.4 Å². The zero-order valence-electron chi connectivity index (χ0n) is 28.2. The van der Waals surface area contributed by atoms with Crippen LogP contribution >= 0.6 is 0 Å². The number of benzene rings is 1. The normalized spacial score (nSPS) is 18.4. The molecule has 1 aromatic carbocycles. The predicted octanol–water partition coefficient (Wildman–Crippen LogP) is 5.60. The van der Waals surface area contributed by atoms with E-state index in [9.17, 15) is 14.4 Å². The van der Waals surface area contributed by atoms with Crippen LogP contribution in [0.15, 0.2) is 12.1 Å². The number of fused-ring (bicyclic) bond motifs is 1. The molecule has 2 fully saturated rings. The van der Waals surface area contributed by atoms with Crippen molar-refractivity contribution in [3.8, 4) is 0 Å². The lowest BCUT2D eigenvalue weighted by Gasteiger charge is -2.43. The molecule has 0 bridgehead atoms. The first kappa shape index (κ1) is 33.6. The van der Waals surface area contributed by atoms with Gasteiger partial charge in [-0.1, -0.05) is 6.07 Å². The SMILES string of the molecule is COCCCn1nc(C)c2c(C)cc(C(C)N(C(=O)[C@H]3CN(C(=O)OC(C)(C)C)CCN3C(=O)OC(C)(C)C)C3CC3)cc21. The monoisotopic (exact) mass is 613 g/mol. The van der Waals surface area contributed by atoms with Gasteiger partial charge < -0.3 is 24.0 Å². The molecule has 1 aliphatic carbocycles. The van der Waals surface area contributed by atoms with Crippen LogP contribution in [0.4, 0.5) is 9.59 Å². The Morgan fingerprint density at radius 3 is 2.23 bits per heavy atom. The number of hydrogen-bond donors (Lipinski definition) is 0. The first-order valence-corrected chi connectivity index (χ1v) is 15.8. The minimum atomic E-state index is -0.902. The molecule has 2 aliphatic rings. The van der Waals surface area contributed by atoms with E-state index in [0.29, 0.717) is 6.61 Å². The Labute approximate surface area is 261 Å². The maximum Gasteiger partial charge on any atom is 0.411 e. The molecule has 2 aromatic rings. The van der Waals surface area contributed by atoms with Crippen molar-refractivity contribution in [3.63, 3.8) is 0 Å². The van der Waals surface area contributed by atoms with E-state index in [-0.39, 0.29) is 37.6 Å². The van der Waals surface area contributed by atoms with Crippen LogP contribution in [-0.4, -0.2) is 99.2 Å². The summed E-state index contributed by atoms with van der Waals surface area (Å²) in [6.07, 6.45) is 1.56. The highest BCUT2D eigenvalue weighted by molar-refractivity contribution is 5.89. The number of aryl methyl sites for hydroxylation is 3. The maximum atomic E-state index is 14.6. The first-order valence-electron chi connectivity index (χ1n) is 15.8. The van der Waals surface area contributed by atoms with Crippen LogP contribution in [0.2, 0.25) is 0 Å². The number of methoxy groups -OCH3 is 1. The summed E-state index contributed by atoms with van der Waals surface area (Å²) in [6.45, 7) is 18.8. The molecule has 44 heavy (non-hydrogen) atoms. The van der Waals surface area contributed by atoms with E-state index in [2.05, 4.69) is 19.1 Å². The second-order valence-electron chi connectivity index (χ2n) is 14.2. The number of amides is 3. The van der Waals surface area contributed by atoms with Crippen LogP contribution in [0.25, 0.3) is 10.9 Å². The van der Waals surface area contributed by atoms with Gasteiger partial charge in [-0.25, -0.2) is 9.59 Å². The quantitative estimate of drug-likeness (QED) is 0.357. The van der Waals surface area contributed by atoms with Gasteiger partial charge in [-0.05, 0) is 98.8 Å². The van der Waals surface area contributed by atoms with Crippen molar-refractivity contribution in [2.24, 2.45) is 0 Å². The first-order chi connectivity index (χ1) is 20.5. The number of carbonyl (C=O) groups excluding carboxylic acids is 3. The molecule has 11 heteroatoms. The van der Waals surface area contributed by atoms with Crippen LogP contribution in [-0.2, 0) is 25.5 Å². The fourth-order valence-corrected chi connectivity index (χ4v) is 5.92. The summed E-state index contributed by atoms with van der Waals surface area (Å²) in [6, 6.07) is 3.17. The zero-order valence-corrected chi connectivity index (χ0v) is 28.2. The van der Waals surface area contributed by atoms with Gasteiger partial charge in [0.1, 0.15) is 17.2 Å². The summed E-state index contributed by atoms with van der Waals surface area (Å²) in [5.74, 6) is -0.193. The number of rotatable bonds is 8. The van der Waals surface area contributed by atoms with Gasteiger partial charge in [0.05, 0.1) is 23.8 Å². The average Bonchev–Trinajstić information content (AvgIpc) is 3.69. The smallest absolute Gasteiger partial charge is 0.411 e. The lowest BCUT2D eigenvalue weighted by Crippen LogP contribution is -2.63. The van der Waals surface area contributed by atoms with Gasteiger partial charge in [0.25, 0.3) is 0 Å². The van der Waals surface area contributed by atoms with Crippen LogP contribution < -0.4 is 0 Å². The average molecular weight is 614 g/mol. The van der Waals surface area contributed by atoms with Gasteiger partial charge in [0.2, 0.25) is 5.91 Å². The fourth-order valence-electron chi connectivity index (χ4n) is 5.92. The molecule has 1 aliphatic heterocycles. The highest BCUT2D eigenvalue weighted by atomic mass is 16.6. The van der Waals surface area contributed by atoms with E-state index in [1.54, 1.807) is 27.9 Å². The Balaban J connectivity index is 1.68. The van der Waals surface area contributed by atoms with Crippen molar-refractivity contribution in [3.05, 3.63) is 29.0 Å². The Morgan fingerprint density at radius 2 is 1.64 bits per heavy atom. The molecule has 0 radical (unpaired) electrons. The standard InChI is InChI=1S/C33H51N5O6/c1-21-18-24(19-26-28(21)22(2)34-37(26)14-11-17-42-10)23(3)38(25-12-13-25)29(39)27-20-35(30(40)43-32(4,5)6)15-16-36(27)31(41)44-33(7,8)9/h18-19,23,25,27H,11-17,20H2,1-10H3/t23?,27-/m1/s1. The molecule has 4 rings (SSSR count). The molecular weight excluding hydrogens is 562 g/mol.